The van der Waals surface area contributed by atoms with Crippen molar-refractivity contribution in [3.63, 3.8) is 0 Å². The molecule has 1 aromatic carbocycles. The summed E-state index contributed by atoms with van der Waals surface area (Å²) in [5, 5.41) is 8.38. The lowest BCUT2D eigenvalue weighted by Crippen LogP contribution is -1.72. The quantitative estimate of drug-likeness (QED) is 0.649. The van der Waals surface area contributed by atoms with Gasteiger partial charge in [-0.05, 0) is 31.2 Å². The van der Waals surface area contributed by atoms with Crippen LogP contribution in [-0.2, 0) is 0 Å². The molecular formula is C13H12N2. The lowest BCUT2D eigenvalue weighted by Gasteiger charge is -1.88. The third kappa shape index (κ3) is 4.58. The summed E-state index contributed by atoms with van der Waals surface area (Å²) in [6.07, 6.45) is 3.50. The van der Waals surface area contributed by atoms with Crippen LogP contribution in [0.15, 0.2) is 54.9 Å². The Bertz CT molecular complexity index is 386. The van der Waals surface area contributed by atoms with Crippen LogP contribution in [0.5, 0.6) is 0 Å². The van der Waals surface area contributed by atoms with Crippen molar-refractivity contribution in [2.45, 2.75) is 6.92 Å². The van der Waals surface area contributed by atoms with Gasteiger partial charge in [0.2, 0.25) is 0 Å². The number of rotatable bonds is 0. The van der Waals surface area contributed by atoms with E-state index in [0.717, 1.165) is 5.56 Å². The fourth-order valence-corrected chi connectivity index (χ4v) is 0.941. The Morgan fingerprint density at radius 3 is 1.93 bits per heavy atom. The Morgan fingerprint density at radius 2 is 1.60 bits per heavy atom. The van der Waals surface area contributed by atoms with Crippen LogP contribution in [0.3, 0.4) is 0 Å². The molecule has 0 fully saturated rings. The number of pyridine rings is 1. The number of benzene rings is 1. The second kappa shape index (κ2) is 6.33. The second-order valence-electron chi connectivity index (χ2n) is 3.00. The largest absolute Gasteiger partial charge is 0.265 e. The van der Waals surface area contributed by atoms with Crippen molar-refractivity contribution in [1.29, 1.82) is 5.26 Å². The van der Waals surface area contributed by atoms with Gasteiger partial charge in [-0.15, -0.1) is 0 Å². The average Bonchev–Trinajstić information content (AvgIpc) is 2.33. The highest BCUT2D eigenvalue weighted by Gasteiger charge is 1.84. The standard InChI is InChI=1S/C8H7N.C5H5N/c1-7-2-4-8(6-9)5-3-7;1-2-4-6-5-3-1/h2-5H,1H3;1-5H. The van der Waals surface area contributed by atoms with Crippen molar-refractivity contribution in [1.82, 2.24) is 4.98 Å². The minimum Gasteiger partial charge on any atom is -0.265 e. The molecule has 2 heteroatoms. The number of hydrogen-bond donors (Lipinski definition) is 0. The molecule has 0 aliphatic rings. The number of aromatic nitrogens is 1. The van der Waals surface area contributed by atoms with E-state index < -0.39 is 0 Å². The molecule has 0 bridgehead atoms. The molecule has 15 heavy (non-hydrogen) atoms. The van der Waals surface area contributed by atoms with Crippen molar-refractivity contribution < 1.29 is 0 Å². The van der Waals surface area contributed by atoms with E-state index >= 15 is 0 Å². The molecule has 0 aliphatic heterocycles. The van der Waals surface area contributed by atoms with Crippen molar-refractivity contribution in [2.24, 2.45) is 0 Å². The summed E-state index contributed by atoms with van der Waals surface area (Å²) in [6, 6.07) is 15.3. The van der Waals surface area contributed by atoms with Crippen LogP contribution in [0.2, 0.25) is 0 Å². The van der Waals surface area contributed by atoms with E-state index in [1.807, 2.05) is 49.4 Å². The molecule has 0 saturated carbocycles. The average molecular weight is 196 g/mol. The van der Waals surface area contributed by atoms with Crippen molar-refractivity contribution in [3.8, 4) is 6.07 Å². The van der Waals surface area contributed by atoms with Gasteiger partial charge in [0.15, 0.2) is 0 Å². The second-order valence-corrected chi connectivity index (χ2v) is 3.00. The smallest absolute Gasteiger partial charge is 0.0991 e. The number of hydrogen-bond acceptors (Lipinski definition) is 2. The molecule has 0 radical (unpaired) electrons. The molecule has 0 spiro atoms. The van der Waals surface area contributed by atoms with Crippen LogP contribution >= 0.6 is 0 Å². The molecule has 1 heterocycles. The Hall–Kier alpha value is -2.14. The molecule has 0 N–H and O–H groups in total. The SMILES string of the molecule is Cc1ccc(C#N)cc1.c1ccncc1. The van der Waals surface area contributed by atoms with Gasteiger partial charge < -0.3 is 0 Å². The number of aryl methyl sites for hydroxylation is 1. The first kappa shape index (κ1) is 10.9. The minimum atomic E-state index is 0.723. The van der Waals surface area contributed by atoms with Gasteiger partial charge in [-0.3, -0.25) is 4.98 Å². The predicted molar refractivity (Wildman–Crippen MR) is 60.1 cm³/mol. The van der Waals surface area contributed by atoms with Gasteiger partial charge in [0.25, 0.3) is 0 Å². The highest BCUT2D eigenvalue weighted by molar-refractivity contribution is 5.30. The lowest BCUT2D eigenvalue weighted by atomic mass is 10.2. The lowest BCUT2D eigenvalue weighted by molar-refractivity contribution is 1.33. The zero-order valence-electron chi connectivity index (χ0n) is 8.59. The van der Waals surface area contributed by atoms with E-state index in [1.165, 1.54) is 5.56 Å². The summed E-state index contributed by atoms with van der Waals surface area (Å²) in [4.78, 5) is 3.78. The first-order valence-electron chi connectivity index (χ1n) is 4.64. The van der Waals surface area contributed by atoms with Gasteiger partial charge in [-0.1, -0.05) is 23.8 Å². The molecule has 0 atom stereocenters. The number of nitriles is 1. The summed E-state index contributed by atoms with van der Waals surface area (Å²) >= 11 is 0. The summed E-state index contributed by atoms with van der Waals surface area (Å²) in [5.41, 5.74) is 1.91. The van der Waals surface area contributed by atoms with E-state index in [1.54, 1.807) is 12.4 Å². The van der Waals surface area contributed by atoms with Crippen molar-refractivity contribution in [2.75, 3.05) is 0 Å². The van der Waals surface area contributed by atoms with E-state index in [9.17, 15) is 0 Å². The maximum absolute atomic E-state index is 8.38. The highest BCUT2D eigenvalue weighted by atomic mass is 14.6. The third-order valence-corrected chi connectivity index (χ3v) is 1.75. The monoisotopic (exact) mass is 196 g/mol. The molecule has 0 aliphatic carbocycles. The predicted octanol–water partition coefficient (Wildman–Crippen LogP) is 2.95. The molecule has 0 amide bonds. The fourth-order valence-electron chi connectivity index (χ4n) is 0.941. The van der Waals surface area contributed by atoms with Crippen LogP contribution < -0.4 is 0 Å². The van der Waals surface area contributed by atoms with Gasteiger partial charge in [-0.2, -0.15) is 5.26 Å². The van der Waals surface area contributed by atoms with Crippen LogP contribution in [0.25, 0.3) is 0 Å². The van der Waals surface area contributed by atoms with Crippen molar-refractivity contribution in [3.05, 3.63) is 66.0 Å². The summed E-state index contributed by atoms with van der Waals surface area (Å²) < 4.78 is 0. The molecule has 0 unspecified atom stereocenters. The normalized spacial score (nSPS) is 8.27. The van der Waals surface area contributed by atoms with E-state index in [0.29, 0.717) is 0 Å². The molecule has 2 nitrogen and oxygen atoms in total. The van der Waals surface area contributed by atoms with Gasteiger partial charge in [0.1, 0.15) is 0 Å². The fraction of sp³-hybridized carbons (Fsp3) is 0.0769. The highest BCUT2D eigenvalue weighted by Crippen LogP contribution is 1.99. The Labute approximate surface area is 89.8 Å². The van der Waals surface area contributed by atoms with Crippen LogP contribution in [-0.4, -0.2) is 4.98 Å². The molecular weight excluding hydrogens is 184 g/mol. The van der Waals surface area contributed by atoms with Crippen LogP contribution in [0.4, 0.5) is 0 Å². The first-order chi connectivity index (χ1) is 7.33. The van der Waals surface area contributed by atoms with Gasteiger partial charge >= 0.3 is 0 Å². The molecule has 2 aromatic rings. The van der Waals surface area contributed by atoms with Crippen LogP contribution in [0, 0.1) is 18.3 Å². The van der Waals surface area contributed by atoms with Gasteiger partial charge in [0.05, 0.1) is 11.6 Å². The van der Waals surface area contributed by atoms with Crippen LogP contribution in [0.1, 0.15) is 11.1 Å². The van der Waals surface area contributed by atoms with E-state index in [-0.39, 0.29) is 0 Å². The Balaban J connectivity index is 0.000000162. The Kier molecular flexibility index (Phi) is 4.62. The maximum atomic E-state index is 8.38. The van der Waals surface area contributed by atoms with E-state index in [2.05, 4.69) is 11.1 Å². The number of nitrogens with zero attached hydrogens (tertiary/aromatic N) is 2. The third-order valence-electron chi connectivity index (χ3n) is 1.75. The zero-order valence-corrected chi connectivity index (χ0v) is 8.59. The maximum Gasteiger partial charge on any atom is 0.0991 e. The minimum absolute atomic E-state index is 0.723. The first-order valence-corrected chi connectivity index (χ1v) is 4.64. The molecule has 2 rings (SSSR count). The zero-order chi connectivity index (χ0) is 10.9. The molecule has 0 saturated heterocycles. The van der Waals surface area contributed by atoms with Gasteiger partial charge in [0, 0.05) is 12.4 Å². The van der Waals surface area contributed by atoms with Gasteiger partial charge in [-0.25, -0.2) is 0 Å². The van der Waals surface area contributed by atoms with Crippen molar-refractivity contribution >= 4 is 0 Å². The Morgan fingerprint density at radius 1 is 1.00 bits per heavy atom. The molecule has 1 aromatic heterocycles. The summed E-state index contributed by atoms with van der Waals surface area (Å²) in [5.74, 6) is 0. The summed E-state index contributed by atoms with van der Waals surface area (Å²) in [7, 11) is 0. The van der Waals surface area contributed by atoms with E-state index in [4.69, 9.17) is 5.26 Å². The molecule has 74 valence electrons. The summed E-state index contributed by atoms with van der Waals surface area (Å²) in [6.45, 7) is 2.00. The topological polar surface area (TPSA) is 36.7 Å².